The van der Waals surface area contributed by atoms with E-state index in [1.165, 1.54) is 0 Å². The summed E-state index contributed by atoms with van der Waals surface area (Å²) in [5.41, 5.74) is 0.00377. The molecule has 0 spiro atoms. The van der Waals surface area contributed by atoms with Gasteiger partial charge in [0.1, 0.15) is 0 Å². The number of hydrogen-bond donors (Lipinski definition) is 3. The number of amides is 1. The molecule has 0 fully saturated rings. The molecule has 5 nitrogen and oxygen atoms in total. The minimum atomic E-state index is -0.280. The zero-order valence-electron chi connectivity index (χ0n) is 12.2. The van der Waals surface area contributed by atoms with Crippen molar-refractivity contribution in [2.75, 3.05) is 26.9 Å². The number of ether oxygens (including phenoxy) is 1. The van der Waals surface area contributed by atoms with E-state index in [1.807, 2.05) is 6.92 Å². The van der Waals surface area contributed by atoms with Crippen LogP contribution in [0, 0.1) is 5.41 Å². The Kier molecular flexibility index (Phi) is 8.15. The van der Waals surface area contributed by atoms with Crippen molar-refractivity contribution in [1.82, 2.24) is 10.6 Å². The van der Waals surface area contributed by atoms with Gasteiger partial charge >= 0.3 is 0 Å². The monoisotopic (exact) mass is 260 g/mol. The van der Waals surface area contributed by atoms with Crippen LogP contribution in [0.25, 0.3) is 0 Å². The van der Waals surface area contributed by atoms with Gasteiger partial charge in [-0.2, -0.15) is 0 Å². The van der Waals surface area contributed by atoms with E-state index in [-0.39, 0.29) is 30.0 Å². The predicted molar refractivity (Wildman–Crippen MR) is 72.4 cm³/mol. The second kappa shape index (κ2) is 8.45. The van der Waals surface area contributed by atoms with Crippen molar-refractivity contribution in [3.8, 4) is 0 Å². The van der Waals surface area contributed by atoms with Gasteiger partial charge in [0.05, 0.1) is 12.6 Å². The molecule has 2 unspecified atom stereocenters. The molecule has 108 valence electrons. The molecule has 2 atom stereocenters. The summed E-state index contributed by atoms with van der Waals surface area (Å²) in [6, 6.07) is -0.177. The number of rotatable bonds is 8. The Labute approximate surface area is 110 Å². The third kappa shape index (κ3) is 6.93. The fourth-order valence-corrected chi connectivity index (χ4v) is 1.70. The van der Waals surface area contributed by atoms with E-state index in [0.29, 0.717) is 19.6 Å². The normalized spacial score (nSPS) is 15.2. The molecule has 0 aliphatic rings. The Morgan fingerprint density at radius 2 is 2.00 bits per heavy atom. The first-order valence-corrected chi connectivity index (χ1v) is 6.46. The van der Waals surface area contributed by atoms with Crippen molar-refractivity contribution in [2.24, 2.45) is 5.41 Å². The molecule has 0 aromatic carbocycles. The van der Waals surface area contributed by atoms with Crippen LogP contribution in [0.5, 0.6) is 0 Å². The quantitative estimate of drug-likeness (QED) is 0.557. The second-order valence-electron chi connectivity index (χ2n) is 5.60. The van der Waals surface area contributed by atoms with Gasteiger partial charge < -0.3 is 20.5 Å². The first kappa shape index (κ1) is 17.4. The summed E-state index contributed by atoms with van der Waals surface area (Å²) in [7, 11) is 1.60. The number of methoxy groups -OCH3 is 1. The average Bonchev–Trinajstić information content (AvgIpc) is 2.27. The highest BCUT2D eigenvalue weighted by atomic mass is 16.5. The lowest BCUT2D eigenvalue weighted by molar-refractivity contribution is -0.123. The van der Waals surface area contributed by atoms with Crippen LogP contribution >= 0.6 is 0 Å². The highest BCUT2D eigenvalue weighted by molar-refractivity contribution is 5.81. The summed E-state index contributed by atoms with van der Waals surface area (Å²) in [6.45, 7) is 9.26. The van der Waals surface area contributed by atoms with Gasteiger partial charge in [-0.1, -0.05) is 20.8 Å². The molecule has 18 heavy (non-hydrogen) atoms. The number of hydrogen-bond acceptors (Lipinski definition) is 4. The van der Waals surface area contributed by atoms with Gasteiger partial charge in [0.2, 0.25) is 5.91 Å². The van der Waals surface area contributed by atoms with E-state index >= 15 is 0 Å². The molecule has 5 heteroatoms. The smallest absolute Gasteiger partial charge is 0.236 e. The van der Waals surface area contributed by atoms with Crippen LogP contribution in [0.1, 0.15) is 34.1 Å². The largest absolute Gasteiger partial charge is 0.396 e. The fraction of sp³-hybridized carbons (Fsp3) is 0.923. The van der Waals surface area contributed by atoms with E-state index in [9.17, 15) is 4.79 Å². The minimum Gasteiger partial charge on any atom is -0.396 e. The fourth-order valence-electron chi connectivity index (χ4n) is 1.70. The summed E-state index contributed by atoms with van der Waals surface area (Å²) in [5, 5.41) is 15.1. The number of aliphatic hydroxyl groups excluding tert-OH is 1. The summed E-state index contributed by atoms with van der Waals surface area (Å²) in [4.78, 5) is 11.8. The predicted octanol–water partition coefficient (Wildman–Crippen LogP) is 0.524. The molecule has 0 rings (SSSR count). The Hall–Kier alpha value is -0.650. The number of nitrogens with one attached hydrogen (secondary N) is 2. The van der Waals surface area contributed by atoms with E-state index in [1.54, 1.807) is 7.11 Å². The lowest BCUT2D eigenvalue weighted by atomic mass is 9.84. The average molecular weight is 260 g/mol. The molecule has 0 aromatic rings. The summed E-state index contributed by atoms with van der Waals surface area (Å²) < 4.78 is 4.88. The zero-order valence-corrected chi connectivity index (χ0v) is 12.2. The minimum absolute atomic E-state index is 0.00377. The molecular formula is C13H28N2O3. The first-order valence-electron chi connectivity index (χ1n) is 6.46. The van der Waals surface area contributed by atoms with Gasteiger partial charge in [-0.3, -0.25) is 4.79 Å². The van der Waals surface area contributed by atoms with Crippen LogP contribution in [-0.4, -0.2) is 50.0 Å². The molecule has 0 aromatic heterocycles. The van der Waals surface area contributed by atoms with Crippen molar-refractivity contribution < 1.29 is 14.6 Å². The highest BCUT2D eigenvalue weighted by Crippen LogP contribution is 2.22. The van der Waals surface area contributed by atoms with Crippen LogP contribution in [0.3, 0.4) is 0 Å². The van der Waals surface area contributed by atoms with Gasteiger partial charge in [0.15, 0.2) is 0 Å². The van der Waals surface area contributed by atoms with Crippen LogP contribution in [0.4, 0.5) is 0 Å². The third-order valence-electron chi connectivity index (χ3n) is 2.91. The van der Waals surface area contributed by atoms with Crippen LogP contribution in [-0.2, 0) is 9.53 Å². The number of carbonyl (C=O) groups excluding carboxylic acids is 1. The Balaban J connectivity index is 4.23. The number of carbonyl (C=O) groups is 1. The molecule has 1 amide bonds. The molecule has 0 saturated carbocycles. The molecule has 0 bridgehead atoms. The van der Waals surface area contributed by atoms with Crippen LogP contribution < -0.4 is 10.6 Å². The van der Waals surface area contributed by atoms with Crippen molar-refractivity contribution >= 4 is 5.91 Å². The van der Waals surface area contributed by atoms with Gasteiger partial charge in [0.25, 0.3) is 0 Å². The van der Waals surface area contributed by atoms with E-state index in [2.05, 4.69) is 31.4 Å². The molecule has 0 aliphatic heterocycles. The van der Waals surface area contributed by atoms with Gasteiger partial charge in [0, 0.05) is 26.3 Å². The first-order chi connectivity index (χ1) is 8.32. The third-order valence-corrected chi connectivity index (χ3v) is 2.91. The molecule has 0 heterocycles. The lowest BCUT2D eigenvalue weighted by Gasteiger charge is -2.33. The van der Waals surface area contributed by atoms with Crippen LogP contribution in [0.15, 0.2) is 0 Å². The summed E-state index contributed by atoms with van der Waals surface area (Å²) in [5.74, 6) is -0.0424. The maximum absolute atomic E-state index is 11.8. The Bertz CT molecular complexity index is 239. The summed E-state index contributed by atoms with van der Waals surface area (Å²) in [6.07, 6.45) is 0.638. The van der Waals surface area contributed by atoms with Crippen molar-refractivity contribution in [1.29, 1.82) is 0 Å². The molecule has 3 N–H and O–H groups in total. The highest BCUT2D eigenvalue weighted by Gasteiger charge is 2.27. The van der Waals surface area contributed by atoms with Crippen LogP contribution in [0.2, 0.25) is 0 Å². The Morgan fingerprint density at radius 1 is 1.39 bits per heavy atom. The number of aliphatic hydroxyl groups is 1. The standard InChI is InChI=1S/C13H28N2O3/c1-10(12(17)14-7-9-18-5)15-11(6-8-16)13(2,3)4/h10-11,15-16H,6-9H2,1-5H3,(H,14,17). The molecular weight excluding hydrogens is 232 g/mol. The van der Waals surface area contributed by atoms with Crippen molar-refractivity contribution in [2.45, 2.75) is 46.2 Å². The van der Waals surface area contributed by atoms with Crippen molar-refractivity contribution in [3.05, 3.63) is 0 Å². The molecule has 0 aliphatic carbocycles. The lowest BCUT2D eigenvalue weighted by Crippen LogP contribution is -2.51. The maximum Gasteiger partial charge on any atom is 0.236 e. The van der Waals surface area contributed by atoms with E-state index in [4.69, 9.17) is 9.84 Å². The maximum atomic E-state index is 11.8. The SMILES string of the molecule is COCCNC(=O)C(C)NC(CCO)C(C)(C)C. The van der Waals surface area contributed by atoms with Crippen molar-refractivity contribution in [3.63, 3.8) is 0 Å². The molecule has 0 radical (unpaired) electrons. The Morgan fingerprint density at radius 3 is 2.44 bits per heavy atom. The van der Waals surface area contributed by atoms with Gasteiger partial charge in [-0.25, -0.2) is 0 Å². The summed E-state index contributed by atoms with van der Waals surface area (Å²) >= 11 is 0. The topological polar surface area (TPSA) is 70.6 Å². The van der Waals surface area contributed by atoms with Gasteiger partial charge in [-0.05, 0) is 18.8 Å². The van der Waals surface area contributed by atoms with Gasteiger partial charge in [-0.15, -0.1) is 0 Å². The van der Waals surface area contributed by atoms with E-state index in [0.717, 1.165) is 0 Å². The zero-order chi connectivity index (χ0) is 14.2. The van der Waals surface area contributed by atoms with E-state index < -0.39 is 0 Å². The molecule has 0 saturated heterocycles. The second-order valence-corrected chi connectivity index (χ2v) is 5.60.